The second-order valence-electron chi connectivity index (χ2n) is 7.22. The molecule has 2 nitrogen and oxygen atoms in total. The molecule has 0 N–H and O–H groups in total. The first-order valence-electron chi connectivity index (χ1n) is 9.43. The van der Waals surface area contributed by atoms with Gasteiger partial charge in [0.05, 0.1) is 16.8 Å². The Labute approximate surface area is 185 Å². The third-order valence-corrected chi connectivity index (χ3v) is 6.05. The fourth-order valence-corrected chi connectivity index (χ4v) is 4.45. The molecule has 3 aromatic carbocycles. The molecule has 1 heterocycles. The Morgan fingerprint density at radius 3 is 2.21 bits per heavy atom. The molecule has 1 atom stereocenters. The number of piperazine rings is 1. The molecule has 1 unspecified atom stereocenters. The van der Waals surface area contributed by atoms with Crippen LogP contribution in [0.25, 0.3) is 0 Å². The Balaban J connectivity index is 1.62. The zero-order valence-corrected chi connectivity index (χ0v) is 17.9. The summed E-state index contributed by atoms with van der Waals surface area (Å²) in [4.78, 5) is 4.70. The molecule has 0 aliphatic carbocycles. The van der Waals surface area contributed by atoms with Gasteiger partial charge in [-0.15, -0.1) is 0 Å². The lowest BCUT2D eigenvalue weighted by Gasteiger charge is -2.43. The highest BCUT2D eigenvalue weighted by molar-refractivity contribution is 6.36. The first kappa shape index (κ1) is 20.5. The highest BCUT2D eigenvalue weighted by Crippen LogP contribution is 2.37. The smallest absolute Gasteiger partial charge is 0.123 e. The van der Waals surface area contributed by atoms with Crippen molar-refractivity contribution in [3.63, 3.8) is 0 Å². The van der Waals surface area contributed by atoms with Crippen LogP contribution in [-0.4, -0.2) is 24.5 Å². The van der Waals surface area contributed by atoms with Gasteiger partial charge in [-0.05, 0) is 53.6 Å². The van der Waals surface area contributed by atoms with E-state index < -0.39 is 0 Å². The van der Waals surface area contributed by atoms with E-state index in [1.165, 1.54) is 17.7 Å². The summed E-state index contributed by atoms with van der Waals surface area (Å²) in [6.07, 6.45) is 0. The summed E-state index contributed by atoms with van der Waals surface area (Å²) in [7, 11) is 0. The van der Waals surface area contributed by atoms with Crippen molar-refractivity contribution in [3.05, 3.63) is 98.7 Å². The Morgan fingerprint density at radius 1 is 0.828 bits per heavy atom. The molecule has 150 valence electrons. The van der Waals surface area contributed by atoms with E-state index in [0.717, 1.165) is 37.4 Å². The number of nitrogens with zero attached hydrogens (tertiary/aromatic N) is 2. The monoisotopic (exact) mass is 448 g/mol. The van der Waals surface area contributed by atoms with Crippen LogP contribution in [0.15, 0.2) is 66.7 Å². The van der Waals surface area contributed by atoms with Gasteiger partial charge in [0.2, 0.25) is 0 Å². The highest BCUT2D eigenvalue weighted by atomic mass is 35.5. The maximum atomic E-state index is 13.2. The van der Waals surface area contributed by atoms with Crippen molar-refractivity contribution in [3.8, 4) is 0 Å². The quantitative estimate of drug-likeness (QED) is 0.430. The number of rotatable bonds is 4. The van der Waals surface area contributed by atoms with E-state index in [2.05, 4.69) is 21.9 Å². The number of benzene rings is 3. The van der Waals surface area contributed by atoms with Crippen LogP contribution in [0.1, 0.15) is 17.2 Å². The number of hydrogen-bond donors (Lipinski definition) is 0. The fraction of sp³-hybridized carbons (Fsp3) is 0.217. The molecule has 0 spiro atoms. The normalized spacial score (nSPS) is 17.5. The molecule has 0 amide bonds. The van der Waals surface area contributed by atoms with Crippen LogP contribution in [0.4, 0.5) is 10.1 Å². The first-order chi connectivity index (χ1) is 14.0. The SMILES string of the molecule is Fc1ccc(CN2CCN(c3ccc(Cl)cc3Cl)C(c3ccc(Cl)cc3)C2)cc1. The Bertz CT molecular complexity index is 976. The van der Waals surface area contributed by atoms with Crippen LogP contribution < -0.4 is 4.90 Å². The maximum Gasteiger partial charge on any atom is 0.123 e. The predicted molar refractivity (Wildman–Crippen MR) is 120 cm³/mol. The molecule has 29 heavy (non-hydrogen) atoms. The van der Waals surface area contributed by atoms with E-state index in [4.69, 9.17) is 34.8 Å². The molecule has 6 heteroatoms. The van der Waals surface area contributed by atoms with Gasteiger partial charge in [-0.3, -0.25) is 4.90 Å². The summed E-state index contributed by atoms with van der Waals surface area (Å²) >= 11 is 18.7. The third-order valence-electron chi connectivity index (χ3n) is 5.26. The molecule has 0 aromatic heterocycles. The molecule has 0 bridgehead atoms. The van der Waals surface area contributed by atoms with Gasteiger partial charge >= 0.3 is 0 Å². The van der Waals surface area contributed by atoms with Crippen molar-refractivity contribution in [2.75, 3.05) is 24.5 Å². The lowest BCUT2D eigenvalue weighted by atomic mass is 10.0. The summed E-state index contributed by atoms with van der Waals surface area (Å²) in [5.74, 6) is -0.213. The topological polar surface area (TPSA) is 6.48 Å². The minimum atomic E-state index is -0.213. The van der Waals surface area contributed by atoms with Gasteiger partial charge in [-0.2, -0.15) is 0 Å². The zero-order valence-electron chi connectivity index (χ0n) is 15.7. The van der Waals surface area contributed by atoms with Gasteiger partial charge < -0.3 is 4.90 Å². The molecule has 1 saturated heterocycles. The van der Waals surface area contributed by atoms with Crippen LogP contribution in [0.5, 0.6) is 0 Å². The van der Waals surface area contributed by atoms with Crippen molar-refractivity contribution in [2.24, 2.45) is 0 Å². The summed E-state index contributed by atoms with van der Waals surface area (Å²) in [5, 5.41) is 1.98. The Hall–Kier alpha value is -1.78. The lowest BCUT2D eigenvalue weighted by molar-refractivity contribution is 0.215. The Kier molecular flexibility index (Phi) is 6.31. The average Bonchev–Trinajstić information content (AvgIpc) is 2.71. The molecular weight excluding hydrogens is 430 g/mol. The molecule has 1 fully saturated rings. The fourth-order valence-electron chi connectivity index (χ4n) is 3.80. The maximum absolute atomic E-state index is 13.2. The van der Waals surface area contributed by atoms with Gasteiger partial charge in [0.1, 0.15) is 5.82 Å². The van der Waals surface area contributed by atoms with E-state index in [0.29, 0.717) is 15.1 Å². The molecule has 3 aromatic rings. The average molecular weight is 450 g/mol. The van der Waals surface area contributed by atoms with Gasteiger partial charge in [0.15, 0.2) is 0 Å². The zero-order chi connectivity index (χ0) is 20.4. The van der Waals surface area contributed by atoms with Crippen molar-refractivity contribution >= 4 is 40.5 Å². The molecule has 1 aliphatic rings. The second-order valence-corrected chi connectivity index (χ2v) is 8.50. The standard InChI is InChI=1S/C23H20Cl3FN2/c24-18-5-3-17(4-6-18)23-15-28(14-16-1-8-20(27)9-2-16)11-12-29(23)22-10-7-19(25)13-21(22)26/h1-10,13,23H,11-12,14-15H2. The molecule has 1 aliphatic heterocycles. The van der Waals surface area contributed by atoms with Gasteiger partial charge in [0.25, 0.3) is 0 Å². The van der Waals surface area contributed by atoms with Gasteiger partial charge in [-0.1, -0.05) is 59.1 Å². The van der Waals surface area contributed by atoms with Crippen LogP contribution in [0.3, 0.4) is 0 Å². The second kappa shape index (κ2) is 8.93. The molecular formula is C23H20Cl3FN2. The van der Waals surface area contributed by atoms with E-state index in [1.807, 2.05) is 36.4 Å². The van der Waals surface area contributed by atoms with Crippen molar-refractivity contribution < 1.29 is 4.39 Å². The minimum absolute atomic E-state index is 0.111. The van der Waals surface area contributed by atoms with Crippen molar-refractivity contribution in [2.45, 2.75) is 12.6 Å². The van der Waals surface area contributed by atoms with Crippen LogP contribution in [0, 0.1) is 5.82 Å². The first-order valence-corrected chi connectivity index (χ1v) is 10.6. The Morgan fingerprint density at radius 2 is 1.52 bits per heavy atom. The summed E-state index contributed by atoms with van der Waals surface area (Å²) < 4.78 is 13.2. The summed E-state index contributed by atoms with van der Waals surface area (Å²) in [6, 6.07) is 20.4. The van der Waals surface area contributed by atoms with Crippen molar-refractivity contribution in [1.82, 2.24) is 4.90 Å². The molecule has 0 radical (unpaired) electrons. The lowest BCUT2D eigenvalue weighted by Crippen LogP contribution is -2.48. The van der Waals surface area contributed by atoms with E-state index in [-0.39, 0.29) is 11.9 Å². The highest BCUT2D eigenvalue weighted by Gasteiger charge is 2.29. The van der Waals surface area contributed by atoms with Crippen molar-refractivity contribution in [1.29, 1.82) is 0 Å². The minimum Gasteiger partial charge on any atom is -0.361 e. The summed E-state index contributed by atoms with van der Waals surface area (Å²) in [5.41, 5.74) is 3.24. The van der Waals surface area contributed by atoms with E-state index >= 15 is 0 Å². The van der Waals surface area contributed by atoms with E-state index in [1.54, 1.807) is 6.07 Å². The third kappa shape index (κ3) is 4.87. The molecule has 4 rings (SSSR count). The van der Waals surface area contributed by atoms with E-state index in [9.17, 15) is 4.39 Å². The van der Waals surface area contributed by atoms with Gasteiger partial charge in [0, 0.05) is 36.2 Å². The van der Waals surface area contributed by atoms with Gasteiger partial charge in [-0.25, -0.2) is 4.39 Å². The number of anilines is 1. The predicted octanol–water partition coefficient (Wildman–Crippen LogP) is 6.85. The van der Waals surface area contributed by atoms with Crippen LogP contribution in [0.2, 0.25) is 15.1 Å². The number of hydrogen-bond acceptors (Lipinski definition) is 2. The van der Waals surface area contributed by atoms with Crippen LogP contribution in [-0.2, 0) is 6.54 Å². The van der Waals surface area contributed by atoms with Crippen LogP contribution >= 0.6 is 34.8 Å². The number of halogens is 4. The largest absolute Gasteiger partial charge is 0.361 e. The molecule has 0 saturated carbocycles. The summed E-state index contributed by atoms with van der Waals surface area (Å²) in [6.45, 7) is 3.28.